The lowest BCUT2D eigenvalue weighted by Gasteiger charge is -2.38. The first-order chi connectivity index (χ1) is 12.2. The molecule has 1 aromatic carbocycles. The van der Waals surface area contributed by atoms with Crippen molar-refractivity contribution in [2.45, 2.75) is 32.6 Å². The molecule has 1 aliphatic heterocycles. The van der Waals surface area contributed by atoms with E-state index < -0.39 is 5.92 Å². The number of fused-ring (bicyclic) bond motifs is 1. The molecule has 2 aliphatic rings. The van der Waals surface area contributed by atoms with E-state index in [2.05, 4.69) is 29.1 Å². The highest BCUT2D eigenvalue weighted by atomic mass is 35.5. The first-order valence-electron chi connectivity index (χ1n) is 8.40. The van der Waals surface area contributed by atoms with E-state index in [1.54, 1.807) is 12.1 Å². The molecule has 5 nitrogen and oxygen atoms in total. The molecule has 1 aliphatic carbocycles. The average molecular weight is 388 g/mol. The number of H-pyrrole nitrogens is 2. The summed E-state index contributed by atoms with van der Waals surface area (Å²) in [5.74, 6) is 0.178. The standard InChI is InChI=1S/C19H18ClN3O2S/c1-19(2)7-11-14(12(24)8-19)13(9-3-5-10(20)6-4-9)15-16(21-11)22-18(26)23-17(15)25/h3-6,13H,7-8H2,1-2H3,(H3,21,22,23,25,26)/t13-/m1/s1. The molecule has 7 heteroatoms. The summed E-state index contributed by atoms with van der Waals surface area (Å²) in [7, 11) is 0. The maximum atomic E-state index is 13.0. The Morgan fingerprint density at radius 2 is 1.81 bits per heavy atom. The van der Waals surface area contributed by atoms with Gasteiger partial charge in [0, 0.05) is 28.6 Å². The number of hydrogen-bond donors (Lipinski definition) is 3. The molecule has 0 fully saturated rings. The molecule has 0 amide bonds. The number of ketones is 1. The number of aromatic amines is 2. The van der Waals surface area contributed by atoms with Crippen molar-refractivity contribution in [3.05, 3.63) is 66.8 Å². The minimum atomic E-state index is -0.447. The van der Waals surface area contributed by atoms with Crippen LogP contribution < -0.4 is 10.9 Å². The third-order valence-electron chi connectivity index (χ3n) is 4.96. The average Bonchev–Trinajstić information content (AvgIpc) is 2.52. The molecule has 0 unspecified atom stereocenters. The van der Waals surface area contributed by atoms with E-state index in [9.17, 15) is 9.59 Å². The van der Waals surface area contributed by atoms with Crippen molar-refractivity contribution in [2.75, 3.05) is 5.32 Å². The van der Waals surface area contributed by atoms with Crippen LogP contribution in [-0.2, 0) is 4.79 Å². The predicted octanol–water partition coefficient (Wildman–Crippen LogP) is 4.29. The number of benzene rings is 1. The van der Waals surface area contributed by atoms with Crippen molar-refractivity contribution in [3.8, 4) is 0 Å². The Morgan fingerprint density at radius 1 is 1.12 bits per heavy atom. The van der Waals surface area contributed by atoms with Crippen LogP contribution in [0.15, 0.2) is 40.3 Å². The largest absolute Gasteiger partial charge is 0.344 e. The van der Waals surface area contributed by atoms with E-state index in [0.29, 0.717) is 28.4 Å². The predicted molar refractivity (Wildman–Crippen MR) is 104 cm³/mol. The summed E-state index contributed by atoms with van der Waals surface area (Å²) in [6.45, 7) is 4.15. The summed E-state index contributed by atoms with van der Waals surface area (Å²) in [5, 5.41) is 3.87. The fourth-order valence-corrected chi connectivity index (χ4v) is 4.26. The van der Waals surface area contributed by atoms with Crippen LogP contribution >= 0.6 is 23.8 Å². The maximum absolute atomic E-state index is 13.0. The molecule has 1 atom stereocenters. The Hall–Kier alpha value is -2.18. The van der Waals surface area contributed by atoms with Crippen LogP contribution in [0.5, 0.6) is 0 Å². The molecule has 2 heterocycles. The minimum absolute atomic E-state index is 0.0659. The Kier molecular flexibility index (Phi) is 3.93. The highest BCUT2D eigenvalue weighted by Gasteiger charge is 2.41. The van der Waals surface area contributed by atoms with Gasteiger partial charge in [0.05, 0.1) is 5.56 Å². The first kappa shape index (κ1) is 17.2. The first-order valence-corrected chi connectivity index (χ1v) is 9.19. The highest BCUT2D eigenvalue weighted by molar-refractivity contribution is 7.71. The Morgan fingerprint density at radius 3 is 2.50 bits per heavy atom. The third-order valence-corrected chi connectivity index (χ3v) is 5.41. The summed E-state index contributed by atoms with van der Waals surface area (Å²) in [6.07, 6.45) is 1.18. The topological polar surface area (TPSA) is 77.8 Å². The molecule has 0 spiro atoms. The SMILES string of the molecule is CC1(C)CC(=O)C2=C(C1)Nc1[nH]c(=S)[nH]c(=O)c1[C@@H]2c1ccc(Cl)cc1. The van der Waals surface area contributed by atoms with Gasteiger partial charge in [-0.25, -0.2) is 0 Å². The summed E-state index contributed by atoms with van der Waals surface area (Å²) >= 11 is 11.1. The summed E-state index contributed by atoms with van der Waals surface area (Å²) in [6, 6.07) is 7.27. The van der Waals surface area contributed by atoms with Crippen LogP contribution in [0, 0.1) is 10.2 Å². The number of carbonyl (C=O) groups is 1. The van der Waals surface area contributed by atoms with Crippen molar-refractivity contribution in [1.82, 2.24) is 9.97 Å². The molecule has 0 bridgehead atoms. The Balaban J connectivity index is 2.00. The lowest BCUT2D eigenvalue weighted by molar-refractivity contribution is -0.118. The third kappa shape index (κ3) is 2.83. The quantitative estimate of drug-likeness (QED) is 0.638. The van der Waals surface area contributed by atoms with E-state index in [1.165, 1.54) is 0 Å². The van der Waals surface area contributed by atoms with Crippen LogP contribution in [0.3, 0.4) is 0 Å². The minimum Gasteiger partial charge on any atom is -0.344 e. The number of Topliss-reactive ketones (excluding diaryl/α,β-unsaturated/α-hetero) is 1. The van der Waals surface area contributed by atoms with Crippen molar-refractivity contribution in [3.63, 3.8) is 0 Å². The second-order valence-electron chi connectivity index (χ2n) is 7.64. The molecule has 2 aromatic rings. The van der Waals surface area contributed by atoms with Crippen LogP contribution in [0.25, 0.3) is 0 Å². The van der Waals surface area contributed by atoms with E-state index in [1.807, 2.05) is 12.1 Å². The second kappa shape index (κ2) is 5.93. The normalized spacial score (nSPS) is 21.0. The summed E-state index contributed by atoms with van der Waals surface area (Å²) in [5.41, 5.74) is 2.43. The molecule has 26 heavy (non-hydrogen) atoms. The summed E-state index contributed by atoms with van der Waals surface area (Å²) < 4.78 is 0.251. The van der Waals surface area contributed by atoms with Gasteiger partial charge in [-0.15, -0.1) is 0 Å². The van der Waals surface area contributed by atoms with Gasteiger partial charge in [0.15, 0.2) is 10.6 Å². The molecular formula is C19H18ClN3O2S. The number of anilines is 1. The lowest BCUT2D eigenvalue weighted by atomic mass is 9.69. The van der Waals surface area contributed by atoms with Gasteiger partial charge in [0.1, 0.15) is 5.82 Å². The molecule has 0 saturated heterocycles. The van der Waals surface area contributed by atoms with E-state index in [4.69, 9.17) is 23.8 Å². The molecule has 0 saturated carbocycles. The Bertz CT molecular complexity index is 1060. The monoisotopic (exact) mass is 387 g/mol. The van der Waals surface area contributed by atoms with Crippen LogP contribution in [-0.4, -0.2) is 15.8 Å². The van der Waals surface area contributed by atoms with Crippen molar-refractivity contribution < 1.29 is 4.79 Å². The molecule has 0 radical (unpaired) electrons. The fraction of sp³-hybridized carbons (Fsp3) is 0.316. The zero-order valence-electron chi connectivity index (χ0n) is 14.4. The van der Waals surface area contributed by atoms with Crippen molar-refractivity contribution in [1.29, 1.82) is 0 Å². The van der Waals surface area contributed by atoms with Gasteiger partial charge >= 0.3 is 0 Å². The number of aromatic nitrogens is 2. The van der Waals surface area contributed by atoms with E-state index >= 15 is 0 Å². The molecule has 3 N–H and O–H groups in total. The zero-order valence-corrected chi connectivity index (χ0v) is 16.0. The number of carbonyl (C=O) groups excluding carboxylic acids is 1. The smallest absolute Gasteiger partial charge is 0.257 e. The number of hydrogen-bond acceptors (Lipinski definition) is 4. The van der Waals surface area contributed by atoms with Crippen molar-refractivity contribution >= 4 is 35.4 Å². The maximum Gasteiger partial charge on any atom is 0.257 e. The molecule has 1 aromatic heterocycles. The van der Waals surface area contributed by atoms with Gasteiger partial charge in [-0.3, -0.25) is 14.6 Å². The molecular weight excluding hydrogens is 370 g/mol. The van der Waals surface area contributed by atoms with Gasteiger partial charge in [-0.2, -0.15) is 0 Å². The van der Waals surface area contributed by atoms with Gasteiger partial charge in [-0.1, -0.05) is 37.6 Å². The van der Waals surface area contributed by atoms with Gasteiger partial charge in [-0.05, 0) is 41.7 Å². The lowest BCUT2D eigenvalue weighted by Crippen LogP contribution is -2.36. The zero-order chi connectivity index (χ0) is 18.6. The van der Waals surface area contributed by atoms with E-state index in [-0.39, 0.29) is 21.5 Å². The van der Waals surface area contributed by atoms with Gasteiger partial charge < -0.3 is 10.3 Å². The second-order valence-corrected chi connectivity index (χ2v) is 8.48. The van der Waals surface area contributed by atoms with Gasteiger partial charge in [0.25, 0.3) is 5.56 Å². The van der Waals surface area contributed by atoms with Crippen LogP contribution in [0.2, 0.25) is 5.02 Å². The molecule has 134 valence electrons. The summed E-state index contributed by atoms with van der Waals surface area (Å²) in [4.78, 5) is 31.4. The number of rotatable bonds is 1. The Labute approximate surface area is 160 Å². The van der Waals surface area contributed by atoms with E-state index in [0.717, 1.165) is 17.7 Å². The van der Waals surface area contributed by atoms with Crippen LogP contribution in [0.1, 0.15) is 43.7 Å². The fourth-order valence-electron chi connectivity index (χ4n) is 3.94. The number of halogens is 1. The highest BCUT2D eigenvalue weighted by Crippen LogP contribution is 2.47. The number of nitrogens with one attached hydrogen (secondary N) is 3. The molecule has 4 rings (SSSR count). The van der Waals surface area contributed by atoms with Crippen molar-refractivity contribution in [2.24, 2.45) is 5.41 Å². The van der Waals surface area contributed by atoms with Gasteiger partial charge in [0.2, 0.25) is 0 Å². The number of allylic oxidation sites excluding steroid dienone is 2. The van der Waals surface area contributed by atoms with Crippen LogP contribution in [0.4, 0.5) is 5.82 Å².